The maximum Gasteiger partial charge on any atom is 0.296 e. The van der Waals surface area contributed by atoms with E-state index in [1.165, 1.54) is 21.9 Å². The fraction of sp³-hybridized carbons (Fsp3) is 0.118. The highest BCUT2D eigenvalue weighted by atomic mass is 16.3. The van der Waals surface area contributed by atoms with Crippen molar-refractivity contribution in [1.82, 2.24) is 20.2 Å². The average Bonchev–Trinajstić information content (AvgIpc) is 3.37. The van der Waals surface area contributed by atoms with Crippen LogP contribution in [0.5, 0.6) is 0 Å². The highest BCUT2D eigenvalue weighted by molar-refractivity contribution is 6.19. The van der Waals surface area contributed by atoms with E-state index >= 15 is 0 Å². The standard InChI is InChI=1S/C17H13N5O4/c1-21-17(18-19-20-21)22-13(10-6-3-2-4-7-10)12(15(24)16(22)25)14(23)11-8-5-9-26-11/h2-9,13,24H,1H3. The van der Waals surface area contributed by atoms with Gasteiger partial charge in [-0.05, 0) is 28.1 Å². The number of benzene rings is 1. The summed E-state index contributed by atoms with van der Waals surface area (Å²) in [5.74, 6) is -1.85. The van der Waals surface area contributed by atoms with E-state index in [4.69, 9.17) is 4.42 Å². The Balaban J connectivity index is 1.90. The lowest BCUT2D eigenvalue weighted by atomic mass is 9.95. The van der Waals surface area contributed by atoms with Crippen molar-refractivity contribution >= 4 is 17.6 Å². The Bertz CT molecular complexity index is 1010. The number of rotatable bonds is 4. The van der Waals surface area contributed by atoms with E-state index in [2.05, 4.69) is 15.5 Å². The molecule has 9 nitrogen and oxygen atoms in total. The van der Waals surface area contributed by atoms with E-state index in [0.29, 0.717) is 5.56 Å². The minimum Gasteiger partial charge on any atom is -0.503 e. The van der Waals surface area contributed by atoms with Crippen LogP contribution in [0.15, 0.2) is 64.5 Å². The van der Waals surface area contributed by atoms with Crippen molar-refractivity contribution in [3.05, 3.63) is 71.4 Å². The number of carbonyl (C=O) groups is 2. The largest absolute Gasteiger partial charge is 0.503 e. The molecule has 0 saturated carbocycles. The molecule has 1 aromatic carbocycles. The third-order valence-electron chi connectivity index (χ3n) is 4.13. The second-order valence-corrected chi connectivity index (χ2v) is 5.66. The van der Waals surface area contributed by atoms with Crippen molar-refractivity contribution in [3.8, 4) is 0 Å². The van der Waals surface area contributed by atoms with E-state index in [1.54, 1.807) is 37.4 Å². The summed E-state index contributed by atoms with van der Waals surface area (Å²) >= 11 is 0. The fourth-order valence-corrected chi connectivity index (χ4v) is 2.96. The maximum atomic E-state index is 12.9. The van der Waals surface area contributed by atoms with Gasteiger partial charge in [0.05, 0.1) is 17.9 Å². The summed E-state index contributed by atoms with van der Waals surface area (Å²) in [6, 6.07) is 11.0. The first-order valence-electron chi connectivity index (χ1n) is 7.71. The third kappa shape index (κ3) is 2.29. The van der Waals surface area contributed by atoms with Crippen molar-refractivity contribution in [2.24, 2.45) is 7.05 Å². The molecule has 1 N–H and O–H groups in total. The normalized spacial score (nSPS) is 17.2. The lowest BCUT2D eigenvalue weighted by molar-refractivity contribution is -0.117. The number of Topliss-reactive ketones (excluding diaryl/α,β-unsaturated/α-hetero) is 1. The number of amides is 1. The minimum absolute atomic E-state index is 0.0261. The predicted octanol–water partition coefficient (Wildman–Crippen LogP) is 1.59. The number of aryl methyl sites for hydroxylation is 1. The zero-order valence-electron chi connectivity index (χ0n) is 13.6. The lowest BCUT2D eigenvalue weighted by Gasteiger charge is -2.24. The highest BCUT2D eigenvalue weighted by Crippen LogP contribution is 2.40. The molecule has 0 saturated heterocycles. The van der Waals surface area contributed by atoms with Crippen LogP contribution in [0.1, 0.15) is 22.2 Å². The van der Waals surface area contributed by atoms with Crippen molar-refractivity contribution in [2.75, 3.05) is 4.90 Å². The quantitative estimate of drug-likeness (QED) is 0.710. The number of aromatic nitrogens is 4. The summed E-state index contributed by atoms with van der Waals surface area (Å²) < 4.78 is 6.45. The van der Waals surface area contributed by atoms with E-state index in [-0.39, 0.29) is 17.3 Å². The Morgan fingerprint density at radius 1 is 1.19 bits per heavy atom. The molecule has 1 aliphatic heterocycles. The monoisotopic (exact) mass is 351 g/mol. The van der Waals surface area contributed by atoms with Crippen molar-refractivity contribution < 1.29 is 19.1 Å². The van der Waals surface area contributed by atoms with Gasteiger partial charge in [0, 0.05) is 7.05 Å². The number of nitrogens with zero attached hydrogens (tertiary/aromatic N) is 5. The van der Waals surface area contributed by atoms with E-state index < -0.39 is 23.5 Å². The molecule has 0 radical (unpaired) electrons. The second kappa shape index (κ2) is 5.96. The number of hydrogen-bond donors (Lipinski definition) is 1. The molecule has 1 atom stereocenters. The molecule has 1 aliphatic rings. The Labute approximate surface area is 147 Å². The number of ketones is 1. The van der Waals surface area contributed by atoms with Gasteiger partial charge in [0.15, 0.2) is 11.5 Å². The highest BCUT2D eigenvalue weighted by Gasteiger charge is 2.47. The molecule has 1 amide bonds. The first kappa shape index (κ1) is 15.8. The number of aliphatic hydroxyl groups excluding tert-OH is 1. The van der Waals surface area contributed by atoms with Gasteiger partial charge in [-0.2, -0.15) is 0 Å². The zero-order valence-corrected chi connectivity index (χ0v) is 13.6. The first-order valence-corrected chi connectivity index (χ1v) is 7.71. The minimum atomic E-state index is -0.883. The summed E-state index contributed by atoms with van der Waals surface area (Å²) in [6.45, 7) is 0. The molecule has 3 aromatic rings. The predicted molar refractivity (Wildman–Crippen MR) is 88.2 cm³/mol. The van der Waals surface area contributed by atoms with Crippen LogP contribution in [0.3, 0.4) is 0 Å². The Morgan fingerprint density at radius 2 is 1.96 bits per heavy atom. The van der Waals surface area contributed by atoms with Crippen LogP contribution >= 0.6 is 0 Å². The van der Waals surface area contributed by atoms with E-state index in [0.717, 1.165) is 0 Å². The average molecular weight is 351 g/mol. The molecule has 0 bridgehead atoms. The van der Waals surface area contributed by atoms with Crippen LogP contribution < -0.4 is 4.90 Å². The SMILES string of the molecule is Cn1nnnc1N1C(=O)C(O)=C(C(=O)c2ccco2)C1c1ccccc1. The zero-order chi connectivity index (χ0) is 18.3. The van der Waals surface area contributed by atoms with Gasteiger partial charge < -0.3 is 9.52 Å². The summed E-state index contributed by atoms with van der Waals surface area (Å²) in [5, 5.41) is 21.6. The molecule has 0 aliphatic carbocycles. The molecular formula is C17H13N5O4. The van der Waals surface area contributed by atoms with Gasteiger partial charge >= 0.3 is 0 Å². The molecule has 3 heterocycles. The van der Waals surface area contributed by atoms with Crippen LogP contribution in [-0.2, 0) is 11.8 Å². The Hall–Kier alpha value is -3.75. The second-order valence-electron chi connectivity index (χ2n) is 5.66. The van der Waals surface area contributed by atoms with Crippen LogP contribution in [0.2, 0.25) is 0 Å². The number of carbonyl (C=O) groups excluding carboxylic acids is 2. The van der Waals surface area contributed by atoms with Crippen LogP contribution in [-0.4, -0.2) is 37.0 Å². The molecule has 0 spiro atoms. The number of tetrazole rings is 1. The van der Waals surface area contributed by atoms with E-state index in [9.17, 15) is 14.7 Å². The molecule has 1 unspecified atom stereocenters. The number of furan rings is 1. The summed E-state index contributed by atoms with van der Waals surface area (Å²) in [5.41, 5.74) is 0.543. The van der Waals surface area contributed by atoms with Gasteiger partial charge in [0.1, 0.15) is 0 Å². The van der Waals surface area contributed by atoms with Gasteiger partial charge in [-0.3, -0.25) is 14.5 Å². The van der Waals surface area contributed by atoms with Crippen LogP contribution in [0.4, 0.5) is 5.95 Å². The van der Waals surface area contributed by atoms with Gasteiger partial charge in [0.2, 0.25) is 5.78 Å². The maximum absolute atomic E-state index is 12.9. The fourth-order valence-electron chi connectivity index (χ4n) is 2.96. The molecule has 2 aromatic heterocycles. The van der Waals surface area contributed by atoms with Crippen molar-refractivity contribution in [1.29, 1.82) is 0 Å². The topological polar surface area (TPSA) is 114 Å². The number of hydrogen-bond acceptors (Lipinski definition) is 7. The van der Waals surface area contributed by atoms with Gasteiger partial charge in [-0.15, -0.1) is 0 Å². The van der Waals surface area contributed by atoms with Crippen molar-refractivity contribution in [2.45, 2.75) is 6.04 Å². The third-order valence-corrected chi connectivity index (χ3v) is 4.13. The van der Waals surface area contributed by atoms with Gasteiger partial charge in [0.25, 0.3) is 11.9 Å². The molecule has 4 rings (SSSR count). The first-order chi connectivity index (χ1) is 12.6. The van der Waals surface area contributed by atoms with Gasteiger partial charge in [-0.1, -0.05) is 35.4 Å². The van der Waals surface area contributed by atoms with E-state index in [1.807, 2.05) is 6.07 Å². The van der Waals surface area contributed by atoms with Gasteiger partial charge in [-0.25, -0.2) is 4.68 Å². The summed E-state index contributed by atoms with van der Waals surface area (Å²) in [6.07, 6.45) is 1.35. The van der Waals surface area contributed by atoms with Crippen molar-refractivity contribution in [3.63, 3.8) is 0 Å². The Morgan fingerprint density at radius 3 is 2.58 bits per heavy atom. The lowest BCUT2D eigenvalue weighted by Crippen LogP contribution is -2.33. The summed E-state index contributed by atoms with van der Waals surface area (Å²) in [4.78, 5) is 26.8. The molecule has 130 valence electrons. The van der Waals surface area contributed by atoms with Crippen LogP contribution in [0, 0.1) is 0 Å². The summed E-state index contributed by atoms with van der Waals surface area (Å²) in [7, 11) is 1.56. The number of anilines is 1. The smallest absolute Gasteiger partial charge is 0.296 e. The van der Waals surface area contributed by atoms with Crippen LogP contribution in [0.25, 0.3) is 0 Å². The molecule has 9 heteroatoms. The molecule has 26 heavy (non-hydrogen) atoms. The molecular weight excluding hydrogens is 338 g/mol. The Kier molecular flexibility index (Phi) is 3.61. The molecule has 0 fully saturated rings. The number of aliphatic hydroxyl groups is 1.